The van der Waals surface area contributed by atoms with E-state index >= 15 is 0 Å². The molecule has 3 aromatic rings. The van der Waals surface area contributed by atoms with Gasteiger partial charge in [0.15, 0.2) is 0 Å². The van der Waals surface area contributed by atoms with E-state index in [1.165, 1.54) is 5.39 Å². The van der Waals surface area contributed by atoms with E-state index in [0.29, 0.717) is 16.6 Å². The summed E-state index contributed by atoms with van der Waals surface area (Å²) in [5, 5.41) is 12.9. The minimum absolute atomic E-state index is 0.0805. The molecule has 0 radical (unpaired) electrons. The summed E-state index contributed by atoms with van der Waals surface area (Å²) in [6, 6.07) is 20.2. The molecule has 1 aliphatic heterocycles. The lowest BCUT2D eigenvalue weighted by atomic mass is 9.89. The van der Waals surface area contributed by atoms with Crippen molar-refractivity contribution >= 4 is 39.9 Å². The van der Waals surface area contributed by atoms with Crippen molar-refractivity contribution in [2.45, 2.75) is 18.9 Å². The fraction of sp³-hybridized carbons (Fsp3) is 0.261. The van der Waals surface area contributed by atoms with Gasteiger partial charge in [0.05, 0.1) is 22.0 Å². The Morgan fingerprint density at radius 2 is 1.82 bits per heavy atom. The van der Waals surface area contributed by atoms with E-state index in [0.717, 1.165) is 35.9 Å². The van der Waals surface area contributed by atoms with Crippen LogP contribution in [0.25, 0.3) is 10.8 Å². The van der Waals surface area contributed by atoms with Crippen LogP contribution < -0.4 is 0 Å². The topological polar surface area (TPSA) is 40.5 Å². The van der Waals surface area contributed by atoms with Crippen molar-refractivity contribution in [2.24, 2.45) is 5.92 Å². The van der Waals surface area contributed by atoms with Crippen molar-refractivity contribution in [1.82, 2.24) is 4.90 Å². The van der Waals surface area contributed by atoms with Crippen molar-refractivity contribution in [3.8, 4) is 0 Å². The predicted molar refractivity (Wildman–Crippen MR) is 114 cm³/mol. The molecule has 1 fully saturated rings. The molecule has 3 nitrogen and oxygen atoms in total. The highest BCUT2D eigenvalue weighted by Gasteiger charge is 2.32. The quantitative estimate of drug-likeness (QED) is 0.567. The number of nitrogens with zero attached hydrogens (tertiary/aromatic N) is 1. The third-order valence-electron chi connectivity index (χ3n) is 5.54. The number of rotatable bonds is 4. The third kappa shape index (κ3) is 3.75. The van der Waals surface area contributed by atoms with Gasteiger partial charge in [-0.2, -0.15) is 0 Å². The lowest BCUT2D eigenvalue weighted by molar-refractivity contribution is -0.143. The Balaban J connectivity index is 1.86. The molecule has 0 amide bonds. The van der Waals surface area contributed by atoms with Gasteiger partial charge in [-0.25, -0.2) is 0 Å². The summed E-state index contributed by atoms with van der Waals surface area (Å²) < 4.78 is 0. The molecule has 144 valence electrons. The lowest BCUT2D eigenvalue weighted by Crippen LogP contribution is -2.41. The van der Waals surface area contributed by atoms with Crippen molar-refractivity contribution in [3.63, 3.8) is 0 Å². The Hall–Kier alpha value is -2.07. The smallest absolute Gasteiger partial charge is 0.307 e. The Morgan fingerprint density at radius 3 is 2.61 bits per heavy atom. The maximum atomic E-state index is 11.6. The highest BCUT2D eigenvalue weighted by Crippen LogP contribution is 2.38. The molecule has 0 aromatic heterocycles. The molecule has 1 N–H and O–H groups in total. The van der Waals surface area contributed by atoms with Gasteiger partial charge in [-0.3, -0.25) is 9.69 Å². The Labute approximate surface area is 174 Å². The van der Waals surface area contributed by atoms with E-state index in [-0.39, 0.29) is 12.0 Å². The molecule has 0 spiro atoms. The Morgan fingerprint density at radius 1 is 1.04 bits per heavy atom. The molecule has 1 aliphatic rings. The molecular weight excluding hydrogens is 393 g/mol. The van der Waals surface area contributed by atoms with Crippen molar-refractivity contribution in [1.29, 1.82) is 0 Å². The molecule has 3 aromatic carbocycles. The Bertz CT molecular complexity index is 1020. The zero-order chi connectivity index (χ0) is 19.7. The fourth-order valence-electron chi connectivity index (χ4n) is 4.20. The average molecular weight is 414 g/mol. The molecule has 1 saturated heterocycles. The number of carbonyl (C=O) groups is 1. The van der Waals surface area contributed by atoms with E-state index in [9.17, 15) is 9.90 Å². The van der Waals surface area contributed by atoms with Crippen LogP contribution in [0.4, 0.5) is 0 Å². The summed E-state index contributed by atoms with van der Waals surface area (Å²) in [6.45, 7) is 1.36. The molecule has 28 heavy (non-hydrogen) atoms. The summed E-state index contributed by atoms with van der Waals surface area (Å²) in [7, 11) is 0. The summed E-state index contributed by atoms with van der Waals surface area (Å²) in [5.74, 6) is -1.08. The first kappa shape index (κ1) is 19.3. The standard InChI is InChI=1S/C23H21Cl2NO2/c24-20-11-10-16(13-21(20)25)22(26-12-4-7-17(14-26)23(27)28)19-9-3-6-15-5-1-2-8-18(15)19/h1-3,5-6,8-11,13,17,22H,4,7,12,14H2,(H,27,28). The van der Waals surface area contributed by atoms with Gasteiger partial charge < -0.3 is 5.11 Å². The second kappa shape index (κ2) is 8.12. The number of carboxylic acids is 1. The zero-order valence-electron chi connectivity index (χ0n) is 15.3. The van der Waals surface area contributed by atoms with E-state index in [1.54, 1.807) is 0 Å². The molecule has 0 bridgehead atoms. The first-order chi connectivity index (χ1) is 13.5. The number of likely N-dealkylation sites (tertiary alicyclic amines) is 1. The van der Waals surface area contributed by atoms with Gasteiger partial charge in [0.2, 0.25) is 0 Å². The zero-order valence-corrected chi connectivity index (χ0v) is 16.8. The van der Waals surface area contributed by atoms with Crippen molar-refractivity contribution < 1.29 is 9.90 Å². The number of benzene rings is 3. The largest absolute Gasteiger partial charge is 0.481 e. The van der Waals surface area contributed by atoms with E-state index < -0.39 is 5.97 Å². The first-order valence-corrected chi connectivity index (χ1v) is 10.2. The maximum Gasteiger partial charge on any atom is 0.307 e. The highest BCUT2D eigenvalue weighted by molar-refractivity contribution is 6.42. The minimum atomic E-state index is -0.726. The second-order valence-corrected chi connectivity index (χ2v) is 8.13. The summed E-state index contributed by atoms with van der Waals surface area (Å²) in [6.07, 6.45) is 1.58. The van der Waals surface area contributed by atoms with Crippen LogP contribution in [0.5, 0.6) is 0 Å². The normalized spacial score (nSPS) is 18.9. The molecule has 2 unspecified atom stereocenters. The minimum Gasteiger partial charge on any atom is -0.481 e. The van der Waals surface area contributed by atoms with Crippen LogP contribution in [0.15, 0.2) is 60.7 Å². The third-order valence-corrected chi connectivity index (χ3v) is 6.28. The predicted octanol–water partition coefficient (Wildman–Crippen LogP) is 6.03. The van der Waals surface area contributed by atoms with E-state index in [2.05, 4.69) is 35.2 Å². The maximum absolute atomic E-state index is 11.6. The molecular formula is C23H21Cl2NO2. The number of fused-ring (bicyclic) bond motifs is 1. The molecule has 0 aliphatic carbocycles. The number of hydrogen-bond donors (Lipinski definition) is 1. The SMILES string of the molecule is O=C(O)C1CCCN(C(c2ccc(Cl)c(Cl)c2)c2cccc3ccccc23)C1. The molecule has 4 rings (SSSR count). The summed E-state index contributed by atoms with van der Waals surface area (Å²) in [4.78, 5) is 13.9. The van der Waals surface area contributed by atoms with Gasteiger partial charge in [0, 0.05) is 6.54 Å². The van der Waals surface area contributed by atoms with Crippen LogP contribution in [0.2, 0.25) is 10.0 Å². The van der Waals surface area contributed by atoms with Crippen LogP contribution in [0.1, 0.15) is 30.0 Å². The van der Waals surface area contributed by atoms with Gasteiger partial charge in [-0.05, 0) is 53.4 Å². The molecule has 5 heteroatoms. The van der Waals surface area contributed by atoms with Crippen molar-refractivity contribution in [3.05, 3.63) is 81.8 Å². The molecule has 2 atom stereocenters. The van der Waals surface area contributed by atoms with E-state index in [4.69, 9.17) is 23.2 Å². The van der Waals surface area contributed by atoms with Gasteiger partial charge in [-0.15, -0.1) is 0 Å². The molecule has 1 heterocycles. The average Bonchev–Trinajstić information content (AvgIpc) is 2.71. The lowest BCUT2D eigenvalue weighted by Gasteiger charge is -2.38. The number of hydrogen-bond acceptors (Lipinski definition) is 2. The number of halogens is 2. The van der Waals surface area contributed by atoms with Crippen LogP contribution >= 0.6 is 23.2 Å². The number of piperidine rings is 1. The fourth-order valence-corrected chi connectivity index (χ4v) is 4.51. The summed E-state index contributed by atoms with van der Waals surface area (Å²) in [5.41, 5.74) is 2.18. The van der Waals surface area contributed by atoms with Crippen LogP contribution in [-0.4, -0.2) is 29.1 Å². The number of aliphatic carboxylic acids is 1. The highest BCUT2D eigenvalue weighted by atomic mass is 35.5. The monoisotopic (exact) mass is 413 g/mol. The van der Waals surface area contributed by atoms with Gasteiger partial charge >= 0.3 is 5.97 Å². The van der Waals surface area contributed by atoms with E-state index in [1.807, 2.05) is 30.3 Å². The molecule has 0 saturated carbocycles. The summed E-state index contributed by atoms with van der Waals surface area (Å²) >= 11 is 12.5. The van der Waals surface area contributed by atoms with Gasteiger partial charge in [0.25, 0.3) is 0 Å². The van der Waals surface area contributed by atoms with Gasteiger partial charge in [-0.1, -0.05) is 71.7 Å². The Kier molecular flexibility index (Phi) is 5.58. The number of carboxylic acid groups (broad SMARTS) is 1. The van der Waals surface area contributed by atoms with Crippen LogP contribution in [0.3, 0.4) is 0 Å². The van der Waals surface area contributed by atoms with Crippen LogP contribution in [-0.2, 0) is 4.79 Å². The van der Waals surface area contributed by atoms with Crippen molar-refractivity contribution in [2.75, 3.05) is 13.1 Å². The second-order valence-electron chi connectivity index (χ2n) is 7.32. The van der Waals surface area contributed by atoms with Crippen LogP contribution in [0, 0.1) is 5.92 Å². The van der Waals surface area contributed by atoms with Gasteiger partial charge in [0.1, 0.15) is 0 Å². The first-order valence-electron chi connectivity index (χ1n) is 9.44.